The zero-order chi connectivity index (χ0) is 29.2. The van der Waals surface area contributed by atoms with E-state index in [1.54, 1.807) is 47.6 Å². The molecule has 0 bridgehead atoms. The van der Waals surface area contributed by atoms with Gasteiger partial charge >= 0.3 is 30.3 Å². The summed E-state index contributed by atoms with van der Waals surface area (Å²) in [5.74, 6) is -0.591. The van der Waals surface area contributed by atoms with Crippen LogP contribution in [-0.4, -0.2) is 40.7 Å². The topological polar surface area (TPSA) is 112 Å². The normalized spacial score (nSPS) is 14.5. The maximum atomic E-state index is 13.8. The van der Waals surface area contributed by atoms with E-state index in [2.05, 4.69) is 10.6 Å². The molecule has 2 amide bonds. The van der Waals surface area contributed by atoms with Crippen molar-refractivity contribution < 1.29 is 46.2 Å². The molecule has 0 aliphatic heterocycles. The fraction of sp³-hybridized carbons (Fsp3) is 0.500. The van der Waals surface area contributed by atoms with Gasteiger partial charge in [-0.3, -0.25) is 0 Å². The highest BCUT2D eigenvalue weighted by atomic mass is 19.4. The molecular weight excluding hydrogens is 523 g/mol. The molecule has 0 spiro atoms. The second kappa shape index (κ2) is 11.1. The number of ether oxygens (including phenoxy) is 4. The van der Waals surface area contributed by atoms with Crippen molar-refractivity contribution in [2.75, 3.05) is 7.11 Å². The monoisotopic (exact) mass is 555 g/mol. The van der Waals surface area contributed by atoms with Gasteiger partial charge in [0.05, 0.1) is 18.7 Å². The number of hydrazine groups is 1. The van der Waals surface area contributed by atoms with Gasteiger partial charge in [-0.2, -0.15) is 18.2 Å². The van der Waals surface area contributed by atoms with Crippen LogP contribution in [0.4, 0.5) is 22.8 Å². The van der Waals surface area contributed by atoms with Crippen molar-refractivity contribution in [2.24, 2.45) is 0 Å². The second-order valence-corrected chi connectivity index (χ2v) is 10.8. The third kappa shape index (κ3) is 8.82. The minimum atomic E-state index is -4.61. The largest absolute Gasteiger partial charge is 0.467 e. The molecule has 1 fully saturated rings. The highest BCUT2D eigenvalue weighted by Crippen LogP contribution is 2.44. The SMILES string of the molecule is COC(=CN(NC(=O)OC(C)(C)C)C(=O)OC(C)(C)C)Oc1cc(-c2ccc(C3CC3)cc2C(F)(F)F)no1. The molecule has 1 aromatic carbocycles. The number of hydrogen-bond acceptors (Lipinski definition) is 8. The summed E-state index contributed by atoms with van der Waals surface area (Å²) in [6, 6.07) is 5.26. The minimum Gasteiger partial charge on any atom is -0.467 e. The lowest BCUT2D eigenvalue weighted by Crippen LogP contribution is -2.47. The second-order valence-electron chi connectivity index (χ2n) is 10.8. The number of benzene rings is 1. The molecule has 1 aromatic heterocycles. The standard InChI is InChI=1S/C26H32F3N3O7/c1-24(2,3)37-22(33)30-32(23(34)38-25(4,5)6)14-21(35-7)36-20-13-19(31-39-20)17-11-10-16(15-8-9-15)12-18(17)26(27,28)29/h10-15H,8-9H2,1-7H3,(H,30,33). The lowest BCUT2D eigenvalue weighted by Gasteiger charge is -2.27. The van der Waals surface area contributed by atoms with Crippen molar-refractivity contribution in [3.63, 3.8) is 0 Å². The third-order valence-corrected chi connectivity index (χ3v) is 5.00. The van der Waals surface area contributed by atoms with E-state index in [-0.39, 0.29) is 29.1 Å². The predicted octanol–water partition coefficient (Wildman–Crippen LogP) is 6.74. The maximum Gasteiger partial charge on any atom is 0.433 e. The number of nitrogens with zero attached hydrogens (tertiary/aromatic N) is 2. The molecule has 1 aliphatic carbocycles. The number of halogens is 3. The van der Waals surface area contributed by atoms with Crippen LogP contribution in [0.15, 0.2) is 40.9 Å². The van der Waals surface area contributed by atoms with Crippen molar-refractivity contribution in [3.8, 4) is 17.2 Å². The number of amides is 2. The van der Waals surface area contributed by atoms with E-state index in [4.69, 9.17) is 23.5 Å². The van der Waals surface area contributed by atoms with Crippen LogP contribution in [0.3, 0.4) is 0 Å². The molecule has 214 valence electrons. The molecule has 3 rings (SSSR count). The van der Waals surface area contributed by atoms with E-state index in [0.717, 1.165) is 31.2 Å². The first kappa shape index (κ1) is 29.7. The quantitative estimate of drug-likeness (QED) is 0.308. The Morgan fingerprint density at radius 3 is 2.23 bits per heavy atom. The van der Waals surface area contributed by atoms with Crippen LogP contribution in [-0.2, 0) is 20.4 Å². The molecule has 0 radical (unpaired) electrons. The summed E-state index contributed by atoms with van der Waals surface area (Å²) in [6.45, 7) is 9.77. The predicted molar refractivity (Wildman–Crippen MR) is 132 cm³/mol. The molecule has 1 saturated carbocycles. The summed E-state index contributed by atoms with van der Waals surface area (Å²) in [7, 11) is 1.20. The molecule has 2 aromatic rings. The van der Waals surface area contributed by atoms with Gasteiger partial charge in [-0.05, 0) is 71.9 Å². The molecule has 1 N–H and O–H groups in total. The molecule has 1 aliphatic rings. The molecule has 1 heterocycles. The Morgan fingerprint density at radius 1 is 1.05 bits per heavy atom. The van der Waals surface area contributed by atoms with Crippen LogP contribution in [0.5, 0.6) is 5.95 Å². The van der Waals surface area contributed by atoms with E-state index >= 15 is 0 Å². The number of methoxy groups -OCH3 is 1. The summed E-state index contributed by atoms with van der Waals surface area (Å²) >= 11 is 0. The number of alkyl halides is 3. The Hall–Kier alpha value is -3.90. The summed E-state index contributed by atoms with van der Waals surface area (Å²) in [4.78, 5) is 25.0. The van der Waals surface area contributed by atoms with E-state index in [9.17, 15) is 22.8 Å². The summed E-state index contributed by atoms with van der Waals surface area (Å²) in [5, 5.41) is 4.34. The number of rotatable bonds is 6. The van der Waals surface area contributed by atoms with Crippen LogP contribution in [0, 0.1) is 0 Å². The highest BCUT2D eigenvalue weighted by molar-refractivity contribution is 5.75. The Kier molecular flexibility index (Phi) is 8.42. The molecule has 0 atom stereocenters. The highest BCUT2D eigenvalue weighted by Gasteiger charge is 2.36. The number of hydrogen-bond donors (Lipinski definition) is 1. The number of aromatic nitrogens is 1. The average Bonchev–Trinajstić information content (AvgIpc) is 3.53. The zero-order valence-electron chi connectivity index (χ0n) is 22.8. The smallest absolute Gasteiger partial charge is 0.433 e. The van der Waals surface area contributed by atoms with E-state index in [1.165, 1.54) is 13.2 Å². The maximum absolute atomic E-state index is 13.8. The molecular formula is C26H32F3N3O7. The minimum absolute atomic E-state index is 0.119. The Labute approximate surface area is 224 Å². The summed E-state index contributed by atoms with van der Waals surface area (Å²) in [5.41, 5.74) is -0.0967. The van der Waals surface area contributed by atoms with Crippen molar-refractivity contribution in [1.29, 1.82) is 0 Å². The number of carbonyl (C=O) groups is 2. The van der Waals surface area contributed by atoms with E-state index in [0.29, 0.717) is 10.6 Å². The first-order chi connectivity index (χ1) is 17.9. The van der Waals surface area contributed by atoms with Crippen LogP contribution in [0.2, 0.25) is 0 Å². The van der Waals surface area contributed by atoms with Gasteiger partial charge in [0.2, 0.25) is 0 Å². The van der Waals surface area contributed by atoms with Gasteiger partial charge < -0.3 is 23.5 Å². The van der Waals surface area contributed by atoms with Gasteiger partial charge in [0.1, 0.15) is 23.1 Å². The molecule has 0 saturated heterocycles. The van der Waals surface area contributed by atoms with Crippen LogP contribution < -0.4 is 10.2 Å². The van der Waals surface area contributed by atoms with Gasteiger partial charge in [0, 0.05) is 5.56 Å². The summed E-state index contributed by atoms with van der Waals surface area (Å²) in [6.07, 6.45) is -3.95. The van der Waals surface area contributed by atoms with Gasteiger partial charge in [-0.15, -0.1) is 0 Å². The Bertz CT molecular complexity index is 1220. The average molecular weight is 556 g/mol. The molecule has 39 heavy (non-hydrogen) atoms. The third-order valence-electron chi connectivity index (χ3n) is 5.00. The van der Waals surface area contributed by atoms with Crippen molar-refractivity contribution in [2.45, 2.75) is 77.7 Å². The van der Waals surface area contributed by atoms with Gasteiger partial charge in [-0.25, -0.2) is 15.0 Å². The van der Waals surface area contributed by atoms with E-state index in [1.807, 2.05) is 0 Å². The first-order valence-corrected chi connectivity index (χ1v) is 12.1. The van der Waals surface area contributed by atoms with E-state index < -0.39 is 35.1 Å². The van der Waals surface area contributed by atoms with Crippen LogP contribution in [0.1, 0.15) is 71.4 Å². The lowest BCUT2D eigenvalue weighted by atomic mass is 9.99. The zero-order valence-corrected chi connectivity index (χ0v) is 22.8. The summed E-state index contributed by atoms with van der Waals surface area (Å²) < 4.78 is 67.5. The van der Waals surface area contributed by atoms with Gasteiger partial charge in [0.25, 0.3) is 0 Å². The van der Waals surface area contributed by atoms with Crippen molar-refractivity contribution >= 4 is 12.2 Å². The number of carbonyl (C=O) groups excluding carboxylic acids is 2. The van der Waals surface area contributed by atoms with Gasteiger partial charge in [0.15, 0.2) is 0 Å². The molecule has 13 heteroatoms. The first-order valence-electron chi connectivity index (χ1n) is 12.1. The Morgan fingerprint density at radius 2 is 1.69 bits per heavy atom. The molecule has 10 nitrogen and oxygen atoms in total. The van der Waals surface area contributed by atoms with Crippen molar-refractivity contribution in [3.05, 3.63) is 47.5 Å². The molecule has 0 unspecified atom stereocenters. The fourth-order valence-electron chi connectivity index (χ4n) is 3.29. The van der Waals surface area contributed by atoms with Crippen LogP contribution >= 0.6 is 0 Å². The van der Waals surface area contributed by atoms with Crippen molar-refractivity contribution in [1.82, 2.24) is 15.6 Å². The Balaban J connectivity index is 1.86. The lowest BCUT2D eigenvalue weighted by molar-refractivity contribution is -0.137. The fourth-order valence-corrected chi connectivity index (χ4v) is 3.29. The van der Waals surface area contributed by atoms with Gasteiger partial charge in [-0.1, -0.05) is 17.3 Å². The number of nitrogens with one attached hydrogen (secondary N) is 1. The van der Waals surface area contributed by atoms with Crippen LogP contribution in [0.25, 0.3) is 11.3 Å².